The number of nitrogens with one attached hydrogen (secondary N) is 1. The van der Waals surface area contributed by atoms with E-state index >= 15 is 0 Å². The Morgan fingerprint density at radius 3 is 2.70 bits per heavy atom. The fourth-order valence-electron chi connectivity index (χ4n) is 2.23. The van der Waals surface area contributed by atoms with Crippen LogP contribution in [0.4, 0.5) is 4.79 Å². The van der Waals surface area contributed by atoms with Crippen molar-refractivity contribution in [3.8, 4) is 12.3 Å². The maximum absolute atomic E-state index is 12.1. The standard InChI is InChI=1S/C14H23N3O3/c1-3-6-12(4-2)15-14(20)17-8-5-7-16(9-10-17)11-13(18)19/h1,12H,4-11H2,2H3,(H,15,20)(H,18,19). The van der Waals surface area contributed by atoms with Gasteiger partial charge in [-0.25, -0.2) is 4.79 Å². The van der Waals surface area contributed by atoms with Crippen LogP contribution in [0.5, 0.6) is 0 Å². The average molecular weight is 281 g/mol. The Kier molecular flexibility index (Phi) is 6.88. The summed E-state index contributed by atoms with van der Waals surface area (Å²) < 4.78 is 0. The lowest BCUT2D eigenvalue weighted by molar-refractivity contribution is -0.138. The van der Waals surface area contributed by atoms with Crippen LogP contribution in [0.2, 0.25) is 0 Å². The third kappa shape index (κ3) is 5.49. The van der Waals surface area contributed by atoms with Gasteiger partial charge in [-0.05, 0) is 12.8 Å². The Balaban J connectivity index is 2.45. The third-order valence-corrected chi connectivity index (χ3v) is 3.42. The fourth-order valence-corrected chi connectivity index (χ4v) is 2.23. The van der Waals surface area contributed by atoms with E-state index in [0.29, 0.717) is 32.6 Å². The molecular weight excluding hydrogens is 258 g/mol. The summed E-state index contributed by atoms with van der Waals surface area (Å²) in [7, 11) is 0. The lowest BCUT2D eigenvalue weighted by Gasteiger charge is -2.24. The van der Waals surface area contributed by atoms with Gasteiger partial charge >= 0.3 is 12.0 Å². The minimum Gasteiger partial charge on any atom is -0.480 e. The number of aliphatic carboxylic acids is 1. The van der Waals surface area contributed by atoms with Crippen LogP contribution in [-0.4, -0.2) is 65.7 Å². The van der Waals surface area contributed by atoms with Gasteiger partial charge in [-0.3, -0.25) is 9.69 Å². The SMILES string of the molecule is C#CCC(CC)NC(=O)N1CCCN(CC(=O)O)CC1. The Morgan fingerprint density at radius 1 is 1.35 bits per heavy atom. The van der Waals surface area contributed by atoms with Gasteiger partial charge < -0.3 is 15.3 Å². The van der Waals surface area contributed by atoms with Crippen LogP contribution in [0, 0.1) is 12.3 Å². The Morgan fingerprint density at radius 2 is 2.10 bits per heavy atom. The van der Waals surface area contributed by atoms with Crippen LogP contribution in [-0.2, 0) is 4.79 Å². The van der Waals surface area contributed by atoms with Crippen molar-refractivity contribution in [2.24, 2.45) is 0 Å². The molecule has 112 valence electrons. The van der Waals surface area contributed by atoms with Gasteiger partial charge in [0, 0.05) is 38.6 Å². The number of carboxylic acid groups (broad SMARTS) is 1. The normalized spacial score (nSPS) is 17.9. The molecule has 1 saturated heterocycles. The number of terminal acetylenes is 1. The van der Waals surface area contributed by atoms with Gasteiger partial charge in [0.1, 0.15) is 0 Å². The van der Waals surface area contributed by atoms with Crippen LogP contribution in [0.3, 0.4) is 0 Å². The van der Waals surface area contributed by atoms with Gasteiger partial charge in [-0.1, -0.05) is 6.92 Å². The second kappa shape index (κ2) is 8.43. The highest BCUT2D eigenvalue weighted by atomic mass is 16.4. The van der Waals surface area contributed by atoms with Gasteiger partial charge in [0.2, 0.25) is 0 Å². The second-order valence-corrected chi connectivity index (χ2v) is 4.97. The topological polar surface area (TPSA) is 72.9 Å². The first kappa shape index (κ1) is 16.3. The second-order valence-electron chi connectivity index (χ2n) is 4.97. The van der Waals surface area contributed by atoms with Crippen molar-refractivity contribution < 1.29 is 14.7 Å². The summed E-state index contributed by atoms with van der Waals surface area (Å²) in [6.07, 6.45) is 7.39. The molecule has 0 aromatic heterocycles. The summed E-state index contributed by atoms with van der Waals surface area (Å²) in [4.78, 5) is 26.4. The van der Waals surface area contributed by atoms with Crippen molar-refractivity contribution in [3.63, 3.8) is 0 Å². The Hall–Kier alpha value is -1.74. The zero-order valence-electron chi connectivity index (χ0n) is 12.0. The fraction of sp³-hybridized carbons (Fsp3) is 0.714. The molecule has 2 N–H and O–H groups in total. The monoisotopic (exact) mass is 281 g/mol. The molecule has 0 aliphatic carbocycles. The van der Waals surface area contributed by atoms with E-state index in [0.717, 1.165) is 12.8 Å². The number of rotatable bonds is 5. The average Bonchev–Trinajstić information content (AvgIpc) is 2.63. The molecule has 0 bridgehead atoms. The third-order valence-electron chi connectivity index (χ3n) is 3.42. The first-order valence-electron chi connectivity index (χ1n) is 6.99. The van der Waals surface area contributed by atoms with Crippen molar-refractivity contribution in [2.45, 2.75) is 32.2 Å². The number of carbonyl (C=O) groups excluding carboxylic acids is 1. The van der Waals surface area contributed by atoms with E-state index in [4.69, 9.17) is 11.5 Å². The quantitative estimate of drug-likeness (QED) is 0.723. The molecule has 1 unspecified atom stereocenters. The maximum atomic E-state index is 12.1. The molecule has 6 nitrogen and oxygen atoms in total. The van der Waals surface area contributed by atoms with Gasteiger partial charge in [-0.15, -0.1) is 12.3 Å². The summed E-state index contributed by atoms with van der Waals surface area (Å²) in [5.74, 6) is 1.73. The summed E-state index contributed by atoms with van der Waals surface area (Å²) in [6.45, 7) is 4.51. The number of hydrogen-bond acceptors (Lipinski definition) is 3. The number of nitrogens with zero attached hydrogens (tertiary/aromatic N) is 2. The van der Waals surface area contributed by atoms with Gasteiger partial charge in [0.25, 0.3) is 0 Å². The van der Waals surface area contributed by atoms with Crippen molar-refractivity contribution in [2.75, 3.05) is 32.7 Å². The number of carboxylic acids is 1. The molecule has 0 spiro atoms. The maximum Gasteiger partial charge on any atom is 0.317 e. The Labute approximate surface area is 120 Å². The van der Waals surface area contributed by atoms with Crippen molar-refractivity contribution in [1.29, 1.82) is 0 Å². The zero-order chi connectivity index (χ0) is 15.0. The number of carbonyl (C=O) groups is 2. The van der Waals surface area contributed by atoms with Crippen molar-refractivity contribution in [3.05, 3.63) is 0 Å². The molecule has 1 aliphatic rings. The molecule has 1 atom stereocenters. The van der Waals surface area contributed by atoms with Crippen LogP contribution >= 0.6 is 0 Å². The van der Waals surface area contributed by atoms with E-state index in [-0.39, 0.29) is 18.6 Å². The number of urea groups is 1. The molecule has 0 aromatic carbocycles. The summed E-state index contributed by atoms with van der Waals surface area (Å²) >= 11 is 0. The van der Waals surface area contributed by atoms with Gasteiger partial charge in [0.05, 0.1) is 6.54 Å². The molecule has 2 amide bonds. The zero-order valence-corrected chi connectivity index (χ0v) is 12.0. The lowest BCUT2D eigenvalue weighted by atomic mass is 10.1. The van der Waals surface area contributed by atoms with E-state index in [1.54, 1.807) is 4.90 Å². The van der Waals surface area contributed by atoms with Crippen LogP contribution < -0.4 is 5.32 Å². The van der Waals surface area contributed by atoms with E-state index in [1.807, 2.05) is 11.8 Å². The minimum absolute atomic E-state index is 0.00544. The smallest absolute Gasteiger partial charge is 0.317 e. The Bertz CT molecular complexity index is 378. The summed E-state index contributed by atoms with van der Waals surface area (Å²) in [5.41, 5.74) is 0. The molecular formula is C14H23N3O3. The summed E-state index contributed by atoms with van der Waals surface area (Å²) in [6, 6.07) is -0.102. The number of amides is 2. The predicted molar refractivity (Wildman–Crippen MR) is 76.3 cm³/mol. The molecule has 20 heavy (non-hydrogen) atoms. The predicted octanol–water partition coefficient (Wildman–Crippen LogP) is 0.590. The molecule has 6 heteroatoms. The van der Waals surface area contributed by atoms with Gasteiger partial charge in [-0.2, -0.15) is 0 Å². The highest BCUT2D eigenvalue weighted by Gasteiger charge is 2.21. The van der Waals surface area contributed by atoms with Crippen LogP contribution in [0.25, 0.3) is 0 Å². The summed E-state index contributed by atoms with van der Waals surface area (Å²) in [5, 5.41) is 11.7. The van der Waals surface area contributed by atoms with Gasteiger partial charge in [0.15, 0.2) is 0 Å². The van der Waals surface area contributed by atoms with E-state index in [2.05, 4.69) is 11.2 Å². The van der Waals surface area contributed by atoms with E-state index < -0.39 is 5.97 Å². The first-order valence-corrected chi connectivity index (χ1v) is 6.99. The van der Waals surface area contributed by atoms with Crippen LogP contribution in [0.1, 0.15) is 26.2 Å². The number of hydrogen-bond donors (Lipinski definition) is 2. The van der Waals surface area contributed by atoms with Crippen molar-refractivity contribution >= 4 is 12.0 Å². The first-order chi connectivity index (χ1) is 9.56. The molecule has 1 fully saturated rings. The van der Waals surface area contributed by atoms with E-state index in [9.17, 15) is 9.59 Å². The largest absolute Gasteiger partial charge is 0.480 e. The molecule has 1 aliphatic heterocycles. The highest BCUT2D eigenvalue weighted by molar-refractivity contribution is 5.74. The molecule has 0 aromatic rings. The molecule has 1 heterocycles. The molecule has 1 rings (SSSR count). The van der Waals surface area contributed by atoms with Crippen LogP contribution in [0.15, 0.2) is 0 Å². The minimum atomic E-state index is -0.831. The highest BCUT2D eigenvalue weighted by Crippen LogP contribution is 2.05. The lowest BCUT2D eigenvalue weighted by Crippen LogP contribution is -2.46. The molecule has 0 saturated carbocycles. The van der Waals surface area contributed by atoms with Crippen molar-refractivity contribution in [1.82, 2.24) is 15.1 Å². The molecule has 0 radical (unpaired) electrons. The van der Waals surface area contributed by atoms with E-state index in [1.165, 1.54) is 0 Å².